The summed E-state index contributed by atoms with van der Waals surface area (Å²) >= 11 is 0. The minimum Gasteiger partial charge on any atom is -0.875 e. The second-order valence-corrected chi connectivity index (χ2v) is 16.1. The van der Waals surface area contributed by atoms with Gasteiger partial charge in [-0.2, -0.15) is 0 Å². The van der Waals surface area contributed by atoms with Gasteiger partial charge in [-0.25, -0.2) is 0 Å². The van der Waals surface area contributed by atoms with Crippen LogP contribution < -0.4 is 15.3 Å². The fourth-order valence-electron chi connectivity index (χ4n) is 1.66. The molecule has 41 heavy (non-hydrogen) atoms. The van der Waals surface area contributed by atoms with Crippen LogP contribution in [0.1, 0.15) is 125 Å². The summed E-state index contributed by atoms with van der Waals surface area (Å²) in [5.41, 5.74) is -2.74. The summed E-state index contributed by atoms with van der Waals surface area (Å²) in [6, 6.07) is 0. The van der Waals surface area contributed by atoms with Crippen molar-refractivity contribution in [1.29, 1.82) is 0 Å². The molecule has 0 aromatic heterocycles. The van der Waals surface area contributed by atoms with Crippen molar-refractivity contribution in [3.8, 4) is 0 Å². The van der Waals surface area contributed by atoms with Crippen LogP contribution in [0.5, 0.6) is 0 Å². The largest absolute Gasteiger partial charge is 3.00 e. The van der Waals surface area contributed by atoms with Gasteiger partial charge in [0.2, 0.25) is 0 Å². The van der Waals surface area contributed by atoms with Crippen LogP contribution in [-0.2, 0) is 14.4 Å². The number of rotatable bonds is 3. The van der Waals surface area contributed by atoms with E-state index in [9.17, 15) is 29.7 Å². The average molecular weight is 828 g/mol. The predicted molar refractivity (Wildman–Crippen MR) is 156 cm³/mol. The van der Waals surface area contributed by atoms with Gasteiger partial charge in [0.25, 0.3) is 0 Å². The molecule has 0 aromatic rings. The minimum absolute atomic E-state index is 0. The Labute approximate surface area is 307 Å². The third kappa shape index (κ3) is 25.1. The van der Waals surface area contributed by atoms with E-state index in [1.54, 1.807) is 0 Å². The van der Waals surface area contributed by atoms with Gasteiger partial charge < -0.3 is 15.3 Å². The van der Waals surface area contributed by atoms with Crippen LogP contribution in [0.15, 0.2) is 35.5 Å². The van der Waals surface area contributed by atoms with E-state index >= 15 is 0 Å². The third-order valence-electron chi connectivity index (χ3n) is 5.22. The van der Waals surface area contributed by atoms with Gasteiger partial charge in [0, 0.05) is 16.2 Å². The van der Waals surface area contributed by atoms with Crippen molar-refractivity contribution < 1.29 is 101 Å². The first-order valence-electron chi connectivity index (χ1n) is 13.5. The van der Waals surface area contributed by atoms with Crippen molar-refractivity contribution in [3.63, 3.8) is 0 Å². The molecule has 0 amide bonds. The Morgan fingerprint density at radius 3 is 0.537 bits per heavy atom. The smallest absolute Gasteiger partial charge is 0.875 e. The fourth-order valence-corrected chi connectivity index (χ4v) is 1.66. The first kappa shape index (κ1) is 50.6. The molecular formula is C33H57La2O6+3. The molecule has 8 heteroatoms. The van der Waals surface area contributed by atoms with Gasteiger partial charge >= 0.3 is 71.2 Å². The predicted octanol–water partition coefficient (Wildman–Crippen LogP) is 5.68. The van der Waals surface area contributed by atoms with Gasteiger partial charge in [-0.3, -0.25) is 14.4 Å². The van der Waals surface area contributed by atoms with E-state index in [2.05, 4.69) is 0 Å². The minimum atomic E-state index is -0.457. The van der Waals surface area contributed by atoms with E-state index < -0.39 is 32.5 Å². The monoisotopic (exact) mass is 827 g/mol. The van der Waals surface area contributed by atoms with Gasteiger partial charge in [-0.05, 0) is 34.5 Å². The summed E-state index contributed by atoms with van der Waals surface area (Å²) in [5.74, 6) is -0.625. The Morgan fingerprint density at radius 1 is 0.341 bits per heavy atom. The molecule has 0 rings (SSSR count). The Kier molecular flexibility index (Phi) is 23.1. The maximum Gasteiger partial charge on any atom is 3.00 e. The molecule has 0 radical (unpaired) electrons. The van der Waals surface area contributed by atoms with E-state index in [1.807, 2.05) is 125 Å². The van der Waals surface area contributed by atoms with Crippen molar-refractivity contribution in [2.24, 2.45) is 32.5 Å². The van der Waals surface area contributed by atoms with E-state index in [0.29, 0.717) is 0 Å². The van der Waals surface area contributed by atoms with E-state index in [-0.39, 0.29) is 106 Å². The van der Waals surface area contributed by atoms with Crippen molar-refractivity contribution in [2.45, 2.75) is 125 Å². The molecule has 0 fully saturated rings. The number of ketones is 3. The van der Waals surface area contributed by atoms with Crippen LogP contribution in [0.2, 0.25) is 0 Å². The Morgan fingerprint density at radius 2 is 0.463 bits per heavy atom. The van der Waals surface area contributed by atoms with Crippen LogP contribution in [-0.4, -0.2) is 17.3 Å². The summed E-state index contributed by atoms with van der Waals surface area (Å²) in [4.78, 5) is 34.3. The molecule has 0 atom stereocenters. The molecule has 0 aliphatic rings. The molecule has 0 aromatic carbocycles. The fraction of sp³-hybridized carbons (Fsp3) is 0.727. The standard InChI is InChI=1S/3C11H20O2.2La/c3*1-10(2,3)8(12)7-9(13)11(4,5)6;;/h3*7,12H,1-6H3;;/q;;;2*+3/p-3. The zero-order valence-electron chi connectivity index (χ0n) is 29.3. The first-order valence-corrected chi connectivity index (χ1v) is 13.5. The van der Waals surface area contributed by atoms with Gasteiger partial charge in [0.1, 0.15) is 0 Å². The van der Waals surface area contributed by atoms with Crippen LogP contribution in [0.4, 0.5) is 0 Å². The SMILES string of the molecule is CC(C)(C)C(=O)C=C([O-])C(C)(C)C.CC(C)(C)C(=O)C=C([O-])C(C)(C)C.CC(C)(C)C(=O)C=C([O-])C(C)(C)C.[La+3].[La+3]. The average Bonchev–Trinajstić information content (AvgIpc) is 2.64. The van der Waals surface area contributed by atoms with Gasteiger partial charge in [0.15, 0.2) is 17.3 Å². The maximum atomic E-state index is 11.4. The first-order chi connectivity index (χ1) is 16.6. The second-order valence-electron chi connectivity index (χ2n) is 16.1. The van der Waals surface area contributed by atoms with Crippen LogP contribution >= 0.6 is 0 Å². The van der Waals surface area contributed by atoms with Crippen LogP contribution in [0.3, 0.4) is 0 Å². The number of carbonyl (C=O) groups excluding carboxylic acids is 3. The molecule has 0 N–H and O–H groups in total. The summed E-state index contributed by atoms with van der Waals surface area (Å²) in [7, 11) is 0. The Bertz CT molecular complexity index is 806. The summed E-state index contributed by atoms with van der Waals surface area (Å²) < 4.78 is 0. The van der Waals surface area contributed by atoms with Crippen molar-refractivity contribution >= 4 is 17.3 Å². The van der Waals surface area contributed by atoms with Gasteiger partial charge in [-0.1, -0.05) is 125 Å². The second kappa shape index (κ2) is 18.7. The summed E-state index contributed by atoms with van der Waals surface area (Å²) in [6.45, 7) is 32.5. The number of hydrogen-bond donors (Lipinski definition) is 0. The molecule has 0 aliphatic carbocycles. The van der Waals surface area contributed by atoms with E-state index in [0.717, 1.165) is 0 Å². The Hall–Kier alpha value is 0.0196. The Balaban J connectivity index is -0.000000154. The van der Waals surface area contributed by atoms with Crippen molar-refractivity contribution in [2.75, 3.05) is 0 Å². The molecule has 0 spiro atoms. The number of allylic oxidation sites excluding steroid dienone is 6. The zero-order chi connectivity index (χ0) is 32.6. The van der Waals surface area contributed by atoms with Crippen molar-refractivity contribution in [3.05, 3.63) is 35.5 Å². The van der Waals surface area contributed by atoms with E-state index in [4.69, 9.17) is 0 Å². The number of hydrogen-bond acceptors (Lipinski definition) is 6. The quantitative estimate of drug-likeness (QED) is 0.267. The molecule has 0 aliphatic heterocycles. The molecule has 0 saturated heterocycles. The van der Waals surface area contributed by atoms with Crippen LogP contribution in [0.25, 0.3) is 0 Å². The molecule has 6 nitrogen and oxygen atoms in total. The topological polar surface area (TPSA) is 120 Å². The molecular weight excluding hydrogens is 770 g/mol. The molecule has 0 saturated carbocycles. The molecule has 0 bridgehead atoms. The normalized spacial score (nSPS) is 13.8. The third-order valence-corrected chi connectivity index (χ3v) is 5.22. The summed E-state index contributed by atoms with van der Waals surface area (Å²) in [5, 5.41) is 34.3. The molecule has 0 heterocycles. The van der Waals surface area contributed by atoms with Crippen LogP contribution in [0, 0.1) is 104 Å². The summed E-state index contributed by atoms with van der Waals surface area (Å²) in [6.07, 6.45) is 3.67. The van der Waals surface area contributed by atoms with E-state index in [1.165, 1.54) is 18.2 Å². The molecule has 0 unspecified atom stereocenters. The number of carbonyl (C=O) groups is 3. The van der Waals surface area contributed by atoms with Crippen molar-refractivity contribution in [1.82, 2.24) is 0 Å². The maximum absolute atomic E-state index is 11.4. The molecule has 228 valence electrons. The van der Waals surface area contributed by atoms with Gasteiger partial charge in [-0.15, -0.1) is 17.3 Å². The zero-order valence-corrected chi connectivity index (χ0v) is 36.6. The van der Waals surface area contributed by atoms with Gasteiger partial charge in [0.05, 0.1) is 0 Å².